The van der Waals surface area contributed by atoms with Crippen molar-refractivity contribution in [1.29, 1.82) is 0 Å². The smallest absolute Gasteiger partial charge is 0.340 e. The molecule has 0 saturated carbocycles. The van der Waals surface area contributed by atoms with Gasteiger partial charge in [-0.2, -0.15) is 26.3 Å². The highest BCUT2D eigenvalue weighted by Gasteiger charge is 2.34. The molecular formula is C28H23F6N5. The van der Waals surface area contributed by atoms with Gasteiger partial charge < -0.3 is 5.32 Å². The van der Waals surface area contributed by atoms with Crippen LogP contribution in [0.3, 0.4) is 0 Å². The van der Waals surface area contributed by atoms with Gasteiger partial charge in [0, 0.05) is 35.9 Å². The number of pyridine rings is 1. The summed E-state index contributed by atoms with van der Waals surface area (Å²) in [6.07, 6.45) is -4.42. The van der Waals surface area contributed by atoms with E-state index >= 15 is 0 Å². The lowest BCUT2D eigenvalue weighted by molar-refractivity contribution is -0.138. The van der Waals surface area contributed by atoms with E-state index in [1.807, 2.05) is 4.90 Å². The average molecular weight is 544 g/mol. The third kappa shape index (κ3) is 6.61. The Labute approximate surface area is 220 Å². The fraction of sp³-hybridized carbons (Fsp3) is 0.179. The molecule has 0 saturated heterocycles. The number of alkyl halides is 6. The number of nitrogens with zero attached hydrogens (tertiary/aromatic N) is 4. The van der Waals surface area contributed by atoms with E-state index in [0.29, 0.717) is 35.5 Å². The van der Waals surface area contributed by atoms with Crippen LogP contribution in [0.15, 0.2) is 86.1 Å². The number of hydrogen-bond donors (Lipinski definition) is 1. The molecule has 0 atom stereocenters. The van der Waals surface area contributed by atoms with Crippen molar-refractivity contribution in [3.63, 3.8) is 0 Å². The van der Waals surface area contributed by atoms with Crippen molar-refractivity contribution in [3.05, 3.63) is 103 Å². The first-order valence-corrected chi connectivity index (χ1v) is 11.7. The van der Waals surface area contributed by atoms with Gasteiger partial charge in [-0.25, -0.2) is 9.97 Å². The van der Waals surface area contributed by atoms with Crippen LogP contribution in [0.1, 0.15) is 17.0 Å². The van der Waals surface area contributed by atoms with Crippen molar-refractivity contribution < 1.29 is 26.3 Å². The third-order valence-electron chi connectivity index (χ3n) is 5.74. The van der Waals surface area contributed by atoms with Gasteiger partial charge in [-0.1, -0.05) is 18.2 Å². The number of hydrogen-bond acceptors (Lipinski definition) is 5. The van der Waals surface area contributed by atoms with Crippen LogP contribution in [-0.4, -0.2) is 32.9 Å². The van der Waals surface area contributed by atoms with Crippen LogP contribution in [0.2, 0.25) is 0 Å². The van der Waals surface area contributed by atoms with E-state index in [0.717, 1.165) is 18.2 Å². The summed E-state index contributed by atoms with van der Waals surface area (Å²) in [5.74, 6) is 0.630. The van der Waals surface area contributed by atoms with Gasteiger partial charge in [0.1, 0.15) is 11.6 Å². The largest absolute Gasteiger partial charge is 0.418 e. The molecule has 0 radical (unpaired) electrons. The maximum Gasteiger partial charge on any atom is 0.418 e. The van der Waals surface area contributed by atoms with Crippen LogP contribution in [0.25, 0.3) is 22.2 Å². The van der Waals surface area contributed by atoms with Crippen LogP contribution >= 0.6 is 0 Å². The standard InChI is InChI=1S/C28H23F6N5/c1-3-14-39(15-4-2)17-24-37-23-16-18(25-22(28(32,33)34)6-5-13-35-25)7-12-21(23)26(38-24)36-20-10-8-19(9-11-20)27(29,30)31/h3-13,16H,1-2,14-15,17H2,(H,36,37,38). The molecular weight excluding hydrogens is 520 g/mol. The Kier molecular flexibility index (Phi) is 8.01. The van der Waals surface area contributed by atoms with Gasteiger partial charge >= 0.3 is 12.4 Å². The zero-order valence-corrected chi connectivity index (χ0v) is 20.5. The lowest BCUT2D eigenvalue weighted by Gasteiger charge is -2.19. The summed E-state index contributed by atoms with van der Waals surface area (Å²) in [6.45, 7) is 8.73. The van der Waals surface area contributed by atoms with Crippen LogP contribution in [0, 0.1) is 0 Å². The number of aromatic nitrogens is 3. The second-order valence-electron chi connectivity index (χ2n) is 8.59. The van der Waals surface area contributed by atoms with Gasteiger partial charge in [0.05, 0.1) is 28.9 Å². The topological polar surface area (TPSA) is 53.9 Å². The number of rotatable bonds is 9. The molecule has 0 aliphatic heterocycles. The minimum atomic E-state index is -4.61. The minimum Gasteiger partial charge on any atom is -0.340 e. The Morgan fingerprint density at radius 1 is 0.846 bits per heavy atom. The van der Waals surface area contributed by atoms with Crippen molar-refractivity contribution in [2.24, 2.45) is 0 Å². The van der Waals surface area contributed by atoms with Gasteiger partial charge in [-0.3, -0.25) is 9.88 Å². The SMILES string of the molecule is C=CCN(CC=C)Cc1nc(Nc2ccc(C(F)(F)F)cc2)c2ccc(-c3ncccc3C(F)(F)F)cc2n1. The molecule has 1 N–H and O–H groups in total. The zero-order valence-electron chi connectivity index (χ0n) is 20.5. The molecule has 2 heterocycles. The third-order valence-corrected chi connectivity index (χ3v) is 5.74. The lowest BCUT2D eigenvalue weighted by Crippen LogP contribution is -2.24. The fourth-order valence-corrected chi connectivity index (χ4v) is 4.00. The van der Waals surface area contributed by atoms with Gasteiger partial charge in [0.2, 0.25) is 0 Å². The number of fused-ring (bicyclic) bond motifs is 1. The molecule has 0 aliphatic rings. The second kappa shape index (κ2) is 11.2. The molecule has 2 aromatic carbocycles. The first kappa shape index (κ1) is 27.8. The number of anilines is 2. The van der Waals surface area contributed by atoms with Gasteiger partial charge in [-0.15, -0.1) is 13.2 Å². The normalized spacial score (nSPS) is 12.1. The van der Waals surface area contributed by atoms with Crippen molar-refractivity contribution in [1.82, 2.24) is 19.9 Å². The van der Waals surface area contributed by atoms with Crippen molar-refractivity contribution in [2.45, 2.75) is 18.9 Å². The first-order chi connectivity index (χ1) is 18.5. The molecule has 202 valence electrons. The van der Waals surface area contributed by atoms with Gasteiger partial charge in [0.15, 0.2) is 0 Å². The Morgan fingerprint density at radius 2 is 1.54 bits per heavy atom. The van der Waals surface area contributed by atoms with E-state index in [1.165, 1.54) is 36.5 Å². The number of benzene rings is 2. The quantitative estimate of drug-likeness (QED) is 0.174. The van der Waals surface area contributed by atoms with E-state index < -0.39 is 23.5 Å². The summed E-state index contributed by atoms with van der Waals surface area (Å²) in [6, 6.07) is 11.1. The average Bonchev–Trinajstić information content (AvgIpc) is 2.88. The van der Waals surface area contributed by atoms with E-state index in [1.54, 1.807) is 18.2 Å². The van der Waals surface area contributed by atoms with E-state index in [4.69, 9.17) is 0 Å². The molecule has 0 spiro atoms. The molecule has 5 nitrogen and oxygen atoms in total. The predicted molar refractivity (Wildman–Crippen MR) is 138 cm³/mol. The van der Waals surface area contributed by atoms with Gasteiger partial charge in [-0.05, 0) is 48.5 Å². The Balaban J connectivity index is 1.81. The summed E-state index contributed by atoms with van der Waals surface area (Å²) in [4.78, 5) is 15.1. The number of nitrogens with one attached hydrogen (secondary N) is 1. The van der Waals surface area contributed by atoms with E-state index in [9.17, 15) is 26.3 Å². The molecule has 0 aliphatic carbocycles. The van der Waals surface area contributed by atoms with Crippen molar-refractivity contribution in [2.75, 3.05) is 18.4 Å². The molecule has 11 heteroatoms. The highest BCUT2D eigenvalue weighted by Crippen LogP contribution is 2.37. The maximum atomic E-state index is 13.6. The zero-order chi connectivity index (χ0) is 28.2. The Hall–Kier alpha value is -4.25. The molecule has 39 heavy (non-hydrogen) atoms. The Morgan fingerprint density at radius 3 is 2.15 bits per heavy atom. The van der Waals surface area contributed by atoms with E-state index in [2.05, 4.69) is 33.4 Å². The van der Waals surface area contributed by atoms with Crippen molar-refractivity contribution >= 4 is 22.4 Å². The monoisotopic (exact) mass is 543 g/mol. The van der Waals surface area contributed by atoms with Crippen LogP contribution in [0.4, 0.5) is 37.8 Å². The van der Waals surface area contributed by atoms with Gasteiger partial charge in [0.25, 0.3) is 0 Å². The van der Waals surface area contributed by atoms with Crippen molar-refractivity contribution in [3.8, 4) is 11.3 Å². The molecule has 0 unspecified atom stereocenters. The highest BCUT2D eigenvalue weighted by atomic mass is 19.4. The molecule has 0 bridgehead atoms. The number of halogens is 6. The van der Waals surface area contributed by atoms with Crippen LogP contribution in [0.5, 0.6) is 0 Å². The predicted octanol–water partition coefficient (Wildman–Crippen LogP) is 7.65. The summed E-state index contributed by atoms with van der Waals surface area (Å²) < 4.78 is 79.9. The minimum absolute atomic E-state index is 0.203. The highest BCUT2D eigenvalue weighted by molar-refractivity contribution is 5.93. The fourth-order valence-electron chi connectivity index (χ4n) is 4.00. The van der Waals surface area contributed by atoms with Crippen LogP contribution < -0.4 is 5.32 Å². The molecule has 2 aromatic heterocycles. The Bertz CT molecular complexity index is 1470. The summed E-state index contributed by atoms with van der Waals surface area (Å²) in [7, 11) is 0. The molecule has 0 fully saturated rings. The van der Waals surface area contributed by atoms with Crippen LogP contribution in [-0.2, 0) is 18.9 Å². The molecule has 0 amide bonds. The first-order valence-electron chi connectivity index (χ1n) is 11.7. The molecule has 4 aromatic rings. The summed E-state index contributed by atoms with van der Waals surface area (Å²) in [5.41, 5.74) is -1.05. The molecule has 4 rings (SSSR count). The second-order valence-corrected chi connectivity index (χ2v) is 8.59. The lowest BCUT2D eigenvalue weighted by atomic mass is 10.0. The van der Waals surface area contributed by atoms with E-state index in [-0.39, 0.29) is 23.6 Å². The summed E-state index contributed by atoms with van der Waals surface area (Å²) >= 11 is 0. The summed E-state index contributed by atoms with van der Waals surface area (Å²) in [5, 5.41) is 3.49. The maximum absolute atomic E-state index is 13.6.